The molecule has 0 bridgehead atoms. The summed E-state index contributed by atoms with van der Waals surface area (Å²) in [6.45, 7) is -0.135. The SMILES string of the molecule is OC(COc1ccc(Cl)cc1)c1ccc(F)cc1F. The molecule has 1 atom stereocenters. The lowest BCUT2D eigenvalue weighted by Crippen LogP contribution is -2.11. The van der Waals surface area contributed by atoms with Crippen molar-refractivity contribution in [2.45, 2.75) is 6.10 Å². The molecular weight excluding hydrogens is 274 g/mol. The van der Waals surface area contributed by atoms with E-state index in [2.05, 4.69) is 0 Å². The van der Waals surface area contributed by atoms with Crippen molar-refractivity contribution in [2.75, 3.05) is 6.61 Å². The van der Waals surface area contributed by atoms with E-state index in [0.29, 0.717) is 10.8 Å². The zero-order valence-corrected chi connectivity index (χ0v) is 10.6. The monoisotopic (exact) mass is 284 g/mol. The normalized spacial score (nSPS) is 12.2. The number of hydrogen-bond acceptors (Lipinski definition) is 2. The van der Waals surface area contributed by atoms with Crippen molar-refractivity contribution >= 4 is 11.6 Å². The van der Waals surface area contributed by atoms with Crippen LogP contribution in [0, 0.1) is 11.6 Å². The van der Waals surface area contributed by atoms with E-state index < -0.39 is 17.7 Å². The van der Waals surface area contributed by atoms with Crippen LogP contribution in [-0.4, -0.2) is 11.7 Å². The predicted molar refractivity (Wildman–Crippen MR) is 68.3 cm³/mol. The molecule has 1 N–H and O–H groups in total. The van der Waals surface area contributed by atoms with Gasteiger partial charge in [-0.2, -0.15) is 0 Å². The van der Waals surface area contributed by atoms with Crippen LogP contribution in [0.15, 0.2) is 42.5 Å². The minimum Gasteiger partial charge on any atom is -0.491 e. The van der Waals surface area contributed by atoms with E-state index in [4.69, 9.17) is 16.3 Å². The van der Waals surface area contributed by atoms with Gasteiger partial charge in [0, 0.05) is 16.7 Å². The summed E-state index contributed by atoms with van der Waals surface area (Å²) in [6, 6.07) is 9.56. The molecule has 0 saturated heterocycles. The highest BCUT2D eigenvalue weighted by atomic mass is 35.5. The first-order valence-electron chi connectivity index (χ1n) is 5.57. The zero-order valence-electron chi connectivity index (χ0n) is 9.82. The van der Waals surface area contributed by atoms with Crippen molar-refractivity contribution in [3.05, 3.63) is 64.7 Å². The van der Waals surface area contributed by atoms with Gasteiger partial charge >= 0.3 is 0 Å². The largest absolute Gasteiger partial charge is 0.491 e. The van der Waals surface area contributed by atoms with Crippen molar-refractivity contribution in [3.63, 3.8) is 0 Å². The summed E-state index contributed by atoms with van der Waals surface area (Å²) in [5.41, 5.74) is -0.00429. The van der Waals surface area contributed by atoms with Crippen LogP contribution in [-0.2, 0) is 0 Å². The second-order valence-corrected chi connectivity index (χ2v) is 4.38. The van der Waals surface area contributed by atoms with Crippen LogP contribution in [0.25, 0.3) is 0 Å². The first-order chi connectivity index (χ1) is 9.06. The number of halogens is 3. The maximum Gasteiger partial charge on any atom is 0.132 e. The Labute approximate surface area is 114 Å². The van der Waals surface area contributed by atoms with E-state index in [9.17, 15) is 13.9 Å². The van der Waals surface area contributed by atoms with Crippen LogP contribution in [0.3, 0.4) is 0 Å². The van der Waals surface area contributed by atoms with Gasteiger partial charge in [-0.1, -0.05) is 17.7 Å². The molecule has 0 fully saturated rings. The van der Waals surface area contributed by atoms with Crippen molar-refractivity contribution in [1.82, 2.24) is 0 Å². The molecule has 0 aliphatic heterocycles. The van der Waals surface area contributed by atoms with E-state index in [0.717, 1.165) is 12.1 Å². The molecule has 19 heavy (non-hydrogen) atoms. The third-order valence-electron chi connectivity index (χ3n) is 2.54. The van der Waals surface area contributed by atoms with Gasteiger partial charge in [-0.3, -0.25) is 0 Å². The summed E-state index contributed by atoms with van der Waals surface area (Å²) >= 11 is 5.72. The van der Waals surface area contributed by atoms with Crippen molar-refractivity contribution < 1.29 is 18.6 Å². The van der Waals surface area contributed by atoms with E-state index in [1.807, 2.05) is 0 Å². The van der Waals surface area contributed by atoms with Gasteiger partial charge in [-0.15, -0.1) is 0 Å². The summed E-state index contributed by atoms with van der Waals surface area (Å²) in [6.07, 6.45) is -1.17. The average molecular weight is 285 g/mol. The molecule has 2 aromatic carbocycles. The average Bonchev–Trinajstić information content (AvgIpc) is 2.37. The maximum absolute atomic E-state index is 13.4. The minimum absolute atomic E-state index is 0.00429. The van der Waals surface area contributed by atoms with Crippen LogP contribution < -0.4 is 4.74 Å². The molecule has 0 spiro atoms. The summed E-state index contributed by atoms with van der Waals surface area (Å²) < 4.78 is 31.4. The van der Waals surface area contributed by atoms with E-state index >= 15 is 0 Å². The van der Waals surface area contributed by atoms with E-state index in [1.54, 1.807) is 24.3 Å². The van der Waals surface area contributed by atoms with Crippen molar-refractivity contribution in [1.29, 1.82) is 0 Å². The Morgan fingerprint density at radius 3 is 2.42 bits per heavy atom. The number of rotatable bonds is 4. The number of benzene rings is 2. The van der Waals surface area contributed by atoms with Crippen LogP contribution in [0.2, 0.25) is 5.02 Å². The molecule has 100 valence electrons. The minimum atomic E-state index is -1.17. The summed E-state index contributed by atoms with van der Waals surface area (Å²) in [5, 5.41) is 10.4. The predicted octanol–water partition coefficient (Wildman–Crippen LogP) is 3.73. The Bertz CT molecular complexity index is 558. The van der Waals surface area contributed by atoms with Gasteiger partial charge in [0.25, 0.3) is 0 Å². The second kappa shape index (κ2) is 5.99. The Morgan fingerprint density at radius 2 is 1.79 bits per heavy atom. The molecule has 0 aliphatic carbocycles. The molecule has 0 radical (unpaired) electrons. The molecule has 0 saturated carbocycles. The Balaban J connectivity index is 2.01. The quantitative estimate of drug-likeness (QED) is 0.927. The van der Waals surface area contributed by atoms with Crippen LogP contribution in [0.1, 0.15) is 11.7 Å². The smallest absolute Gasteiger partial charge is 0.132 e. The van der Waals surface area contributed by atoms with Crippen LogP contribution >= 0.6 is 11.6 Å². The number of aliphatic hydroxyl groups is 1. The first-order valence-corrected chi connectivity index (χ1v) is 5.95. The zero-order chi connectivity index (χ0) is 13.8. The van der Waals surface area contributed by atoms with Crippen molar-refractivity contribution in [2.24, 2.45) is 0 Å². The standard InChI is InChI=1S/C14H11ClF2O2/c15-9-1-4-11(5-2-9)19-8-14(18)12-6-3-10(16)7-13(12)17/h1-7,14,18H,8H2. The van der Waals surface area contributed by atoms with Gasteiger partial charge in [0.05, 0.1) is 0 Å². The van der Waals surface area contributed by atoms with Crippen LogP contribution in [0.5, 0.6) is 5.75 Å². The van der Waals surface area contributed by atoms with Crippen LogP contribution in [0.4, 0.5) is 8.78 Å². The molecule has 0 amide bonds. The third-order valence-corrected chi connectivity index (χ3v) is 2.79. The summed E-state index contributed by atoms with van der Waals surface area (Å²) in [5.74, 6) is -0.981. The second-order valence-electron chi connectivity index (χ2n) is 3.95. The molecular formula is C14H11ClF2O2. The Kier molecular flexibility index (Phi) is 4.35. The number of ether oxygens (including phenoxy) is 1. The van der Waals surface area contributed by atoms with Gasteiger partial charge in [0.2, 0.25) is 0 Å². The lowest BCUT2D eigenvalue weighted by molar-refractivity contribution is 0.105. The first kappa shape index (κ1) is 13.8. The van der Waals surface area contributed by atoms with Gasteiger partial charge < -0.3 is 9.84 Å². The molecule has 0 aliphatic rings. The molecule has 2 nitrogen and oxygen atoms in total. The molecule has 0 heterocycles. The lowest BCUT2D eigenvalue weighted by Gasteiger charge is -2.13. The fourth-order valence-electron chi connectivity index (χ4n) is 1.57. The molecule has 2 rings (SSSR count). The summed E-state index contributed by atoms with van der Waals surface area (Å²) in [7, 11) is 0. The Hall–Kier alpha value is -1.65. The molecule has 5 heteroatoms. The molecule has 0 aromatic heterocycles. The number of aliphatic hydroxyl groups excluding tert-OH is 1. The van der Waals surface area contributed by atoms with Gasteiger partial charge in [0.15, 0.2) is 0 Å². The molecule has 1 unspecified atom stereocenters. The van der Waals surface area contributed by atoms with Crippen molar-refractivity contribution in [3.8, 4) is 5.75 Å². The Morgan fingerprint density at radius 1 is 1.11 bits per heavy atom. The van der Waals surface area contributed by atoms with Gasteiger partial charge in [0.1, 0.15) is 30.1 Å². The highest BCUT2D eigenvalue weighted by Crippen LogP contribution is 2.21. The fraction of sp³-hybridized carbons (Fsp3) is 0.143. The third kappa shape index (κ3) is 3.66. The number of hydrogen-bond donors (Lipinski definition) is 1. The fourth-order valence-corrected chi connectivity index (χ4v) is 1.69. The molecule has 2 aromatic rings. The van der Waals surface area contributed by atoms with Gasteiger partial charge in [-0.05, 0) is 30.3 Å². The maximum atomic E-state index is 13.4. The lowest BCUT2D eigenvalue weighted by atomic mass is 10.1. The highest BCUT2D eigenvalue weighted by Gasteiger charge is 2.14. The highest BCUT2D eigenvalue weighted by molar-refractivity contribution is 6.30. The topological polar surface area (TPSA) is 29.5 Å². The van der Waals surface area contributed by atoms with Gasteiger partial charge in [-0.25, -0.2) is 8.78 Å². The summed E-state index contributed by atoms with van der Waals surface area (Å²) in [4.78, 5) is 0. The van der Waals surface area contributed by atoms with E-state index in [-0.39, 0.29) is 12.2 Å². The van der Waals surface area contributed by atoms with E-state index in [1.165, 1.54) is 6.07 Å².